The largest absolute Gasteiger partial charge is 0.404 e. The first kappa shape index (κ1) is 27.1. The lowest BCUT2D eigenvalue weighted by molar-refractivity contribution is 0.202. The molecule has 2 aromatic carbocycles. The molecule has 0 amide bonds. The summed E-state index contributed by atoms with van der Waals surface area (Å²) in [6.45, 7) is 11.3. The topological polar surface area (TPSA) is 71.5 Å². The van der Waals surface area contributed by atoms with E-state index in [1.807, 2.05) is 13.0 Å². The molecule has 0 radical (unpaired) electrons. The van der Waals surface area contributed by atoms with E-state index in [4.69, 9.17) is 15.9 Å². The van der Waals surface area contributed by atoms with Gasteiger partial charge >= 0.3 is 0 Å². The molecule has 4 nitrogen and oxygen atoms in total. The molecular formula is C32H39N3O. The molecule has 0 heterocycles. The molecule has 0 spiro atoms. The number of methoxy groups -OCH3 is 1. The summed E-state index contributed by atoms with van der Waals surface area (Å²) in [7, 11) is 3.54. The highest BCUT2D eigenvalue weighted by Crippen LogP contribution is 2.35. The Morgan fingerprint density at radius 2 is 1.89 bits per heavy atom. The predicted molar refractivity (Wildman–Crippen MR) is 157 cm³/mol. The van der Waals surface area contributed by atoms with Crippen LogP contribution in [0.2, 0.25) is 0 Å². The van der Waals surface area contributed by atoms with E-state index in [1.54, 1.807) is 20.4 Å². The van der Waals surface area contributed by atoms with Crippen molar-refractivity contribution in [3.8, 4) is 0 Å². The fraction of sp³-hybridized carbons (Fsp3) is 0.312. The number of allylic oxidation sites excluding steroid dienone is 8. The normalized spacial score (nSPS) is 17.9. The maximum absolute atomic E-state index is 7.44. The molecule has 1 aliphatic carbocycles. The molecule has 3 N–H and O–H groups in total. The molecule has 188 valence electrons. The van der Waals surface area contributed by atoms with Crippen LogP contribution in [0.25, 0.3) is 21.9 Å². The quantitative estimate of drug-likeness (QED) is 0.386. The van der Waals surface area contributed by atoms with Crippen LogP contribution in [0.4, 0.5) is 0 Å². The third-order valence-corrected chi connectivity index (χ3v) is 7.11. The number of aliphatic imine (C=N–C) groups is 1. The number of nitrogens with one attached hydrogen (secondary N) is 1. The third-order valence-electron chi connectivity index (χ3n) is 7.11. The molecule has 1 fully saturated rings. The number of ether oxygens (including phenoxy) is 1. The Bertz CT molecular complexity index is 1320. The standard InChI is InChI=1S/C32H39N3O/c1-21(10-11-25-8-7-9-26(14-16-33)23(25)3)32-29(15-17-36-6)22(2)18-28-19-27(12-13-30(28)32)31(20-34)24(4)35-5/h10-14,16,18-20,33H,3,7-9,15,17,34H2,1-2,4-6H3/b21-10+,25-11-,26-14-,31-20+,33-16?,35-24?. The van der Waals surface area contributed by atoms with Crippen molar-refractivity contribution in [3.63, 3.8) is 0 Å². The van der Waals surface area contributed by atoms with Crippen LogP contribution >= 0.6 is 0 Å². The van der Waals surface area contributed by atoms with E-state index in [-0.39, 0.29) is 0 Å². The Morgan fingerprint density at radius 1 is 1.17 bits per heavy atom. The number of fused-ring (bicyclic) bond motifs is 1. The van der Waals surface area contributed by atoms with Crippen molar-refractivity contribution >= 4 is 33.8 Å². The van der Waals surface area contributed by atoms with E-state index in [1.165, 1.54) is 44.8 Å². The molecule has 0 aromatic heterocycles. The van der Waals surface area contributed by atoms with E-state index in [0.29, 0.717) is 6.61 Å². The van der Waals surface area contributed by atoms with Gasteiger partial charge in [0.05, 0.1) is 6.61 Å². The molecule has 3 rings (SSSR count). The van der Waals surface area contributed by atoms with Crippen LogP contribution < -0.4 is 5.73 Å². The minimum atomic E-state index is 0.673. The molecule has 0 aliphatic heterocycles. The first-order chi connectivity index (χ1) is 17.4. The highest BCUT2D eigenvalue weighted by atomic mass is 16.5. The molecule has 0 atom stereocenters. The minimum absolute atomic E-state index is 0.673. The second-order valence-corrected chi connectivity index (χ2v) is 9.35. The van der Waals surface area contributed by atoms with Crippen molar-refractivity contribution in [3.05, 3.63) is 94.2 Å². The Hall–Kier alpha value is -3.50. The van der Waals surface area contributed by atoms with Crippen molar-refractivity contribution in [1.29, 1.82) is 5.41 Å². The molecule has 1 aliphatic rings. The summed E-state index contributed by atoms with van der Waals surface area (Å²) < 4.78 is 5.45. The zero-order valence-corrected chi connectivity index (χ0v) is 22.4. The van der Waals surface area contributed by atoms with Crippen LogP contribution in [-0.4, -0.2) is 32.7 Å². The van der Waals surface area contributed by atoms with Crippen LogP contribution in [-0.2, 0) is 11.2 Å². The number of nitrogens with zero attached hydrogens (tertiary/aromatic N) is 1. The fourth-order valence-corrected chi connectivity index (χ4v) is 5.03. The van der Waals surface area contributed by atoms with Gasteiger partial charge in [0, 0.05) is 37.9 Å². The van der Waals surface area contributed by atoms with Gasteiger partial charge in [0.15, 0.2) is 0 Å². The van der Waals surface area contributed by atoms with E-state index in [2.05, 4.69) is 61.8 Å². The summed E-state index contributed by atoms with van der Waals surface area (Å²) in [5, 5.41) is 9.84. The summed E-state index contributed by atoms with van der Waals surface area (Å²) in [5.74, 6) is 0. The van der Waals surface area contributed by atoms with Gasteiger partial charge in [0.25, 0.3) is 0 Å². The Balaban J connectivity index is 2.17. The summed E-state index contributed by atoms with van der Waals surface area (Å²) in [6.07, 6.45) is 13.3. The first-order valence-corrected chi connectivity index (χ1v) is 12.5. The lowest BCUT2D eigenvalue weighted by Gasteiger charge is -2.20. The number of benzene rings is 2. The zero-order valence-electron chi connectivity index (χ0n) is 22.4. The lowest BCUT2D eigenvalue weighted by atomic mass is 9.84. The maximum atomic E-state index is 7.44. The van der Waals surface area contributed by atoms with Gasteiger partial charge in [-0.3, -0.25) is 4.99 Å². The first-order valence-electron chi connectivity index (χ1n) is 12.5. The molecule has 0 unspecified atom stereocenters. The van der Waals surface area contributed by atoms with Crippen molar-refractivity contribution in [2.24, 2.45) is 10.7 Å². The number of rotatable bonds is 8. The Kier molecular flexibility index (Phi) is 9.38. The second-order valence-electron chi connectivity index (χ2n) is 9.35. The average Bonchev–Trinajstić information content (AvgIpc) is 2.87. The molecule has 36 heavy (non-hydrogen) atoms. The summed E-state index contributed by atoms with van der Waals surface area (Å²) >= 11 is 0. The van der Waals surface area contributed by atoms with E-state index in [9.17, 15) is 0 Å². The summed E-state index contributed by atoms with van der Waals surface area (Å²) in [6, 6.07) is 8.82. The minimum Gasteiger partial charge on any atom is -0.404 e. The molecule has 2 aromatic rings. The van der Waals surface area contributed by atoms with Crippen molar-refractivity contribution in [2.75, 3.05) is 20.8 Å². The maximum Gasteiger partial charge on any atom is 0.0502 e. The average molecular weight is 482 g/mol. The number of hydrogen-bond donors (Lipinski definition) is 2. The van der Waals surface area contributed by atoms with E-state index in [0.717, 1.165) is 53.7 Å². The molecule has 1 saturated carbocycles. The summed E-state index contributed by atoms with van der Waals surface area (Å²) in [5.41, 5.74) is 17.4. The van der Waals surface area contributed by atoms with Gasteiger partial charge in [-0.2, -0.15) is 0 Å². The summed E-state index contributed by atoms with van der Waals surface area (Å²) in [4.78, 5) is 4.33. The van der Waals surface area contributed by atoms with Crippen LogP contribution in [0.5, 0.6) is 0 Å². The fourth-order valence-electron chi connectivity index (χ4n) is 5.03. The molecule has 0 saturated heterocycles. The number of aryl methyl sites for hydroxylation is 1. The van der Waals surface area contributed by atoms with Gasteiger partial charge in [0.1, 0.15) is 0 Å². The van der Waals surface area contributed by atoms with Gasteiger partial charge in [-0.25, -0.2) is 0 Å². The monoisotopic (exact) mass is 481 g/mol. The van der Waals surface area contributed by atoms with Crippen LogP contribution in [0.3, 0.4) is 0 Å². The predicted octanol–water partition coefficient (Wildman–Crippen LogP) is 7.37. The van der Waals surface area contributed by atoms with Crippen LogP contribution in [0.15, 0.2) is 77.0 Å². The Morgan fingerprint density at radius 3 is 2.53 bits per heavy atom. The van der Waals surface area contributed by atoms with Gasteiger partial charge in [-0.15, -0.1) is 0 Å². The van der Waals surface area contributed by atoms with Gasteiger partial charge < -0.3 is 15.9 Å². The van der Waals surface area contributed by atoms with Gasteiger partial charge in [-0.1, -0.05) is 36.9 Å². The van der Waals surface area contributed by atoms with E-state index >= 15 is 0 Å². The smallest absolute Gasteiger partial charge is 0.0502 e. The highest BCUT2D eigenvalue weighted by Gasteiger charge is 2.16. The van der Waals surface area contributed by atoms with Gasteiger partial charge in [0.2, 0.25) is 0 Å². The molecule has 4 heteroatoms. The highest BCUT2D eigenvalue weighted by molar-refractivity contribution is 6.23. The van der Waals surface area contributed by atoms with Crippen molar-refractivity contribution in [2.45, 2.75) is 46.5 Å². The molecular weight excluding hydrogens is 442 g/mol. The third kappa shape index (κ3) is 5.83. The Labute approximate surface area is 216 Å². The van der Waals surface area contributed by atoms with Crippen molar-refractivity contribution in [1.82, 2.24) is 0 Å². The van der Waals surface area contributed by atoms with Crippen LogP contribution in [0.1, 0.15) is 55.4 Å². The lowest BCUT2D eigenvalue weighted by Crippen LogP contribution is -2.04. The number of hydrogen-bond acceptors (Lipinski definition) is 4. The zero-order chi connectivity index (χ0) is 26.2. The van der Waals surface area contributed by atoms with Crippen LogP contribution in [0, 0.1) is 12.3 Å². The van der Waals surface area contributed by atoms with Gasteiger partial charge in [-0.05, 0) is 114 Å². The second kappa shape index (κ2) is 12.5. The van der Waals surface area contributed by atoms with E-state index < -0.39 is 0 Å². The SMILES string of the molecule is C=C1/C(=C\C=N)CCC/C1=C/C=C(\C)c1c(CCOC)c(C)cc2cc(/C(=C/N)C(C)=NC)ccc12. The molecule has 0 bridgehead atoms. The number of nitrogens with two attached hydrogens (primary N) is 1. The van der Waals surface area contributed by atoms with Crippen molar-refractivity contribution < 1.29 is 4.74 Å².